The van der Waals surface area contributed by atoms with Gasteiger partial charge in [0, 0.05) is 17.2 Å². The fourth-order valence-electron chi connectivity index (χ4n) is 1.58. The van der Waals surface area contributed by atoms with E-state index in [4.69, 9.17) is 22.1 Å². The smallest absolute Gasteiger partial charge is 0.292 e. The van der Waals surface area contributed by atoms with E-state index in [-0.39, 0.29) is 11.4 Å². The molecule has 0 bridgehead atoms. The second-order valence-corrected chi connectivity index (χ2v) is 4.33. The molecule has 2 aromatic carbocycles. The van der Waals surface area contributed by atoms with Crippen LogP contribution in [0.25, 0.3) is 0 Å². The van der Waals surface area contributed by atoms with Crippen molar-refractivity contribution in [2.24, 2.45) is 0 Å². The quantitative estimate of drug-likeness (QED) is 0.528. The Hall–Kier alpha value is -2.27. The van der Waals surface area contributed by atoms with Crippen LogP contribution in [-0.4, -0.2) is 4.92 Å². The Labute approximate surface area is 114 Å². The number of nitrogens with zero attached hydrogens (tertiary/aromatic N) is 1. The molecule has 0 radical (unpaired) electrons. The Balaban J connectivity index is 2.08. The highest BCUT2D eigenvalue weighted by Gasteiger charge is 2.11. The van der Waals surface area contributed by atoms with Gasteiger partial charge in [0.1, 0.15) is 18.0 Å². The molecule has 0 amide bonds. The van der Waals surface area contributed by atoms with E-state index in [0.29, 0.717) is 17.4 Å². The molecule has 5 nitrogen and oxygen atoms in total. The summed E-state index contributed by atoms with van der Waals surface area (Å²) in [5.74, 6) is 0.475. The van der Waals surface area contributed by atoms with Crippen molar-refractivity contribution in [3.63, 3.8) is 0 Å². The number of ether oxygens (including phenoxy) is 1. The highest BCUT2D eigenvalue weighted by atomic mass is 35.5. The molecule has 0 aliphatic rings. The fraction of sp³-hybridized carbons (Fsp3) is 0.0769. The van der Waals surface area contributed by atoms with E-state index in [1.807, 2.05) is 12.1 Å². The number of nitro benzene ring substituents is 1. The summed E-state index contributed by atoms with van der Waals surface area (Å²) >= 11 is 5.86. The van der Waals surface area contributed by atoms with Crippen LogP contribution >= 0.6 is 11.6 Å². The molecule has 0 spiro atoms. The van der Waals surface area contributed by atoms with Crippen LogP contribution in [0.4, 0.5) is 11.4 Å². The number of nitro groups is 1. The molecule has 0 aliphatic carbocycles. The first-order valence-corrected chi connectivity index (χ1v) is 5.85. The predicted octanol–water partition coefficient (Wildman–Crippen LogP) is 3.41. The van der Waals surface area contributed by atoms with Crippen LogP contribution in [0, 0.1) is 10.1 Å². The summed E-state index contributed by atoms with van der Waals surface area (Å²) in [5.41, 5.74) is 6.43. The molecule has 19 heavy (non-hydrogen) atoms. The van der Waals surface area contributed by atoms with Gasteiger partial charge < -0.3 is 10.5 Å². The molecular formula is C13H11ClN2O3. The Morgan fingerprint density at radius 1 is 1.26 bits per heavy atom. The maximum absolute atomic E-state index is 10.6. The average Bonchev–Trinajstić information content (AvgIpc) is 2.36. The highest BCUT2D eigenvalue weighted by molar-refractivity contribution is 6.30. The molecule has 0 unspecified atom stereocenters. The highest BCUT2D eigenvalue weighted by Crippen LogP contribution is 2.26. The zero-order valence-corrected chi connectivity index (χ0v) is 10.6. The summed E-state index contributed by atoms with van der Waals surface area (Å²) in [6, 6.07) is 11.5. The van der Waals surface area contributed by atoms with E-state index in [2.05, 4.69) is 0 Å². The van der Waals surface area contributed by atoms with Gasteiger partial charge in [0.05, 0.1) is 4.92 Å². The molecule has 0 heterocycles. The van der Waals surface area contributed by atoms with Crippen molar-refractivity contribution in [1.29, 1.82) is 0 Å². The second kappa shape index (κ2) is 5.58. The van der Waals surface area contributed by atoms with E-state index in [9.17, 15) is 10.1 Å². The number of nitrogens with two attached hydrogens (primary N) is 1. The van der Waals surface area contributed by atoms with Crippen LogP contribution in [0.15, 0.2) is 42.5 Å². The number of halogens is 1. The summed E-state index contributed by atoms with van der Waals surface area (Å²) in [5, 5.41) is 11.2. The molecule has 98 valence electrons. The van der Waals surface area contributed by atoms with E-state index >= 15 is 0 Å². The van der Waals surface area contributed by atoms with Crippen molar-refractivity contribution in [3.8, 4) is 5.75 Å². The van der Waals surface area contributed by atoms with Gasteiger partial charge in [-0.15, -0.1) is 0 Å². The SMILES string of the molecule is Nc1cc(OCc2cccc(Cl)c2)ccc1[N+](=O)[O-]. The molecule has 0 fully saturated rings. The summed E-state index contributed by atoms with van der Waals surface area (Å²) in [6.07, 6.45) is 0. The zero-order chi connectivity index (χ0) is 13.8. The number of hydrogen-bond donors (Lipinski definition) is 1. The lowest BCUT2D eigenvalue weighted by Gasteiger charge is -2.07. The third-order valence-corrected chi connectivity index (χ3v) is 2.73. The van der Waals surface area contributed by atoms with Crippen molar-refractivity contribution in [3.05, 3.63) is 63.2 Å². The molecule has 6 heteroatoms. The van der Waals surface area contributed by atoms with E-state index in [1.54, 1.807) is 12.1 Å². The van der Waals surface area contributed by atoms with Gasteiger partial charge in [-0.25, -0.2) is 0 Å². The summed E-state index contributed by atoms with van der Waals surface area (Å²) < 4.78 is 5.50. The van der Waals surface area contributed by atoms with Crippen molar-refractivity contribution < 1.29 is 9.66 Å². The van der Waals surface area contributed by atoms with E-state index in [1.165, 1.54) is 18.2 Å². The first kappa shape index (κ1) is 13.2. The van der Waals surface area contributed by atoms with Crippen LogP contribution in [-0.2, 0) is 6.61 Å². The summed E-state index contributed by atoms with van der Waals surface area (Å²) in [7, 11) is 0. The van der Waals surface area contributed by atoms with Gasteiger partial charge in [-0.3, -0.25) is 10.1 Å². The minimum atomic E-state index is -0.532. The Morgan fingerprint density at radius 2 is 2.05 bits per heavy atom. The second-order valence-electron chi connectivity index (χ2n) is 3.90. The summed E-state index contributed by atoms with van der Waals surface area (Å²) in [6.45, 7) is 0.317. The van der Waals surface area contributed by atoms with E-state index in [0.717, 1.165) is 5.56 Å². The van der Waals surface area contributed by atoms with Crippen molar-refractivity contribution >= 4 is 23.0 Å². The van der Waals surface area contributed by atoms with Gasteiger partial charge in [-0.1, -0.05) is 23.7 Å². The topological polar surface area (TPSA) is 78.4 Å². The van der Waals surface area contributed by atoms with Crippen LogP contribution < -0.4 is 10.5 Å². The van der Waals surface area contributed by atoms with Crippen molar-refractivity contribution in [2.75, 3.05) is 5.73 Å². The van der Waals surface area contributed by atoms with Gasteiger partial charge in [0.15, 0.2) is 0 Å². The van der Waals surface area contributed by atoms with Crippen LogP contribution in [0.1, 0.15) is 5.56 Å². The Morgan fingerprint density at radius 3 is 2.68 bits per heavy atom. The molecule has 0 aromatic heterocycles. The number of anilines is 1. The maximum atomic E-state index is 10.6. The molecule has 0 saturated heterocycles. The number of hydrogen-bond acceptors (Lipinski definition) is 4. The monoisotopic (exact) mass is 278 g/mol. The van der Waals surface area contributed by atoms with Crippen LogP contribution in [0.2, 0.25) is 5.02 Å². The first-order chi connectivity index (χ1) is 9.06. The molecular weight excluding hydrogens is 268 g/mol. The normalized spacial score (nSPS) is 10.2. The molecule has 0 atom stereocenters. The molecule has 0 aliphatic heterocycles. The summed E-state index contributed by atoms with van der Waals surface area (Å²) in [4.78, 5) is 10.1. The van der Waals surface area contributed by atoms with Crippen LogP contribution in [0.5, 0.6) is 5.75 Å². The minimum absolute atomic E-state index is 0.0774. The Kier molecular flexibility index (Phi) is 3.87. The third-order valence-electron chi connectivity index (χ3n) is 2.49. The zero-order valence-electron chi connectivity index (χ0n) is 9.88. The maximum Gasteiger partial charge on any atom is 0.292 e. The lowest BCUT2D eigenvalue weighted by molar-refractivity contribution is -0.383. The predicted molar refractivity (Wildman–Crippen MR) is 73.3 cm³/mol. The van der Waals surface area contributed by atoms with Crippen molar-refractivity contribution in [2.45, 2.75) is 6.61 Å². The fourth-order valence-corrected chi connectivity index (χ4v) is 1.79. The third kappa shape index (κ3) is 3.35. The van der Waals surface area contributed by atoms with Gasteiger partial charge >= 0.3 is 0 Å². The van der Waals surface area contributed by atoms with Gasteiger partial charge in [-0.05, 0) is 23.8 Å². The number of nitrogen functional groups attached to an aromatic ring is 1. The van der Waals surface area contributed by atoms with Crippen molar-refractivity contribution in [1.82, 2.24) is 0 Å². The minimum Gasteiger partial charge on any atom is -0.489 e. The van der Waals surface area contributed by atoms with Crippen LogP contribution in [0.3, 0.4) is 0 Å². The van der Waals surface area contributed by atoms with Gasteiger partial charge in [0.2, 0.25) is 0 Å². The number of benzene rings is 2. The standard InChI is InChI=1S/C13H11ClN2O3/c14-10-3-1-2-9(6-10)8-19-11-4-5-13(16(17)18)12(15)7-11/h1-7H,8,15H2. The molecule has 0 saturated carbocycles. The molecule has 2 rings (SSSR count). The average molecular weight is 279 g/mol. The lowest BCUT2D eigenvalue weighted by atomic mass is 10.2. The lowest BCUT2D eigenvalue weighted by Crippen LogP contribution is -1.99. The first-order valence-electron chi connectivity index (χ1n) is 5.47. The molecule has 2 aromatic rings. The van der Waals surface area contributed by atoms with Gasteiger partial charge in [-0.2, -0.15) is 0 Å². The van der Waals surface area contributed by atoms with Gasteiger partial charge in [0.25, 0.3) is 5.69 Å². The Bertz CT molecular complexity index is 617. The number of rotatable bonds is 4. The van der Waals surface area contributed by atoms with E-state index < -0.39 is 4.92 Å². The molecule has 2 N–H and O–H groups in total. The largest absolute Gasteiger partial charge is 0.489 e.